The summed E-state index contributed by atoms with van der Waals surface area (Å²) < 4.78 is 0. The number of hydrogen-bond donors (Lipinski definition) is 0. The molecule has 0 fully saturated rings. The molecule has 0 atom stereocenters. The first-order valence-electron chi connectivity index (χ1n) is 0. The maximum absolute atomic E-state index is 0. The molecule has 0 aliphatic heterocycles. The second-order valence-electron chi connectivity index (χ2n) is 0. The van der Waals surface area contributed by atoms with E-state index in [9.17, 15) is 0 Å². The third kappa shape index (κ3) is 40.0. The van der Waals surface area contributed by atoms with Crippen LogP contribution in [0.2, 0.25) is 0 Å². The molecule has 0 rings (SSSR count). The van der Waals surface area contributed by atoms with Gasteiger partial charge in [-0.25, -0.2) is 0 Å². The molecule has 0 bridgehead atoms. The molecule has 0 unspecified atom stereocenters. The molecule has 0 aromatic rings. The molecule has 0 spiro atoms. The largest absolute Gasteiger partial charge is 2.00 e. The molecule has 5 heavy (non-hydrogen) atoms. The minimum Gasteiger partial charge on any atom is -0.870 e. The fourth-order valence-electron chi connectivity index (χ4n) is 0. The van der Waals surface area contributed by atoms with E-state index in [1.807, 2.05) is 0 Å². The Morgan fingerprint density at radius 1 is 0.800 bits per heavy atom. The van der Waals surface area contributed by atoms with Gasteiger partial charge in [0.15, 0.2) is 0 Å². The van der Waals surface area contributed by atoms with Gasteiger partial charge in [-0.3, -0.25) is 0 Å². The van der Waals surface area contributed by atoms with Crippen LogP contribution in [0.4, 0.5) is 0 Å². The van der Waals surface area contributed by atoms with E-state index in [0.717, 1.165) is 0 Å². The van der Waals surface area contributed by atoms with E-state index in [1.165, 1.54) is 0 Å². The second-order valence-corrected chi connectivity index (χ2v) is 0. The first-order chi connectivity index (χ1) is 0. The van der Waals surface area contributed by atoms with Gasteiger partial charge in [0.1, 0.15) is 0 Å². The molecule has 0 saturated heterocycles. The van der Waals surface area contributed by atoms with Crippen molar-refractivity contribution in [2.75, 3.05) is 0 Å². The first-order valence-corrected chi connectivity index (χ1v) is 0. The average molecular weight is 155 g/mol. The number of hydrogen-bond acceptors (Lipinski definition) is 2. The second kappa shape index (κ2) is 69.8. The van der Waals surface area contributed by atoms with Crippen LogP contribution in [0.15, 0.2) is 0 Å². The van der Waals surface area contributed by atoms with Crippen molar-refractivity contribution >= 4 is 0 Å². The van der Waals surface area contributed by atoms with Gasteiger partial charge in [0.25, 0.3) is 0 Å². The van der Waals surface area contributed by atoms with Crippen molar-refractivity contribution < 1.29 is 55.2 Å². The fraction of sp³-hybridized carbons (Fsp3) is 0. The molecule has 1 radical (unpaired) electrons. The molecule has 0 saturated carbocycles. The zero-order valence-corrected chi connectivity index (χ0v) is 5.01. The van der Waals surface area contributed by atoms with Crippen molar-refractivity contribution in [2.24, 2.45) is 0 Å². The van der Waals surface area contributed by atoms with Crippen LogP contribution in [-0.4, -0.2) is 16.4 Å². The summed E-state index contributed by atoms with van der Waals surface area (Å²) in [5.74, 6) is 0. The van der Waals surface area contributed by atoms with Crippen LogP contribution >= 0.6 is 0 Å². The summed E-state index contributed by atoms with van der Waals surface area (Å²) in [5, 5.41) is 0. The average Bonchev–Trinajstić information content (AvgIpc) is 0. The topological polar surface area (TPSA) is 91.5 Å². The molecular formula is H4MnO3Ti. The van der Waals surface area contributed by atoms with Gasteiger partial charge in [0.05, 0.1) is 0 Å². The molecule has 5 heteroatoms. The Balaban J connectivity index is 0. The number of rotatable bonds is 0. The summed E-state index contributed by atoms with van der Waals surface area (Å²) in [6, 6.07) is 0. The maximum Gasteiger partial charge on any atom is 2.00 e. The predicted molar refractivity (Wildman–Crippen MR) is 7.49 cm³/mol. The van der Waals surface area contributed by atoms with Crippen LogP contribution < -0.4 is 0 Å². The van der Waals surface area contributed by atoms with E-state index >= 15 is 0 Å². The third-order valence-corrected chi connectivity index (χ3v) is 0. The van der Waals surface area contributed by atoms with Crippen LogP contribution in [0.1, 0.15) is 0 Å². The molecule has 0 aliphatic rings. The Kier molecular flexibility index (Phi) is 1800. The van der Waals surface area contributed by atoms with Gasteiger partial charge in [-0.15, -0.1) is 0 Å². The zero-order chi connectivity index (χ0) is 0. The Hall–Kier alpha value is 1.11. The van der Waals surface area contributed by atoms with Crippen LogP contribution in [0, 0.1) is 0 Å². The summed E-state index contributed by atoms with van der Waals surface area (Å²) in [7, 11) is 0. The molecule has 0 amide bonds. The smallest absolute Gasteiger partial charge is 0.870 e. The third-order valence-electron chi connectivity index (χ3n) is 0. The van der Waals surface area contributed by atoms with Crippen LogP contribution in [0.5, 0.6) is 0 Å². The van der Waals surface area contributed by atoms with Crippen LogP contribution in [0.3, 0.4) is 0 Å². The van der Waals surface area contributed by atoms with Gasteiger partial charge in [-0.05, 0) is 0 Å². The van der Waals surface area contributed by atoms with Gasteiger partial charge in [0.2, 0.25) is 0 Å². The van der Waals surface area contributed by atoms with Crippen molar-refractivity contribution in [2.45, 2.75) is 0 Å². The molecule has 0 heterocycles. The Morgan fingerprint density at radius 2 is 0.800 bits per heavy atom. The van der Waals surface area contributed by atoms with Crippen molar-refractivity contribution in [3.05, 3.63) is 0 Å². The van der Waals surface area contributed by atoms with E-state index < -0.39 is 0 Å². The Morgan fingerprint density at radius 3 is 0.800 bits per heavy atom. The standard InChI is InChI=1S/Mn.3H2O.Ti/h;3*1H2;/q+2;;;;/p-2. The minimum absolute atomic E-state index is 0. The molecule has 4 N–H and O–H groups in total. The van der Waals surface area contributed by atoms with Crippen molar-refractivity contribution in [1.82, 2.24) is 0 Å². The molecule has 0 aromatic heterocycles. The molecular weight excluding hydrogens is 151 g/mol. The summed E-state index contributed by atoms with van der Waals surface area (Å²) in [4.78, 5) is 0. The maximum atomic E-state index is 0. The van der Waals surface area contributed by atoms with E-state index in [4.69, 9.17) is 0 Å². The summed E-state index contributed by atoms with van der Waals surface area (Å²) in [6.07, 6.45) is 0. The van der Waals surface area contributed by atoms with E-state index in [-0.39, 0.29) is 55.2 Å². The molecule has 3 nitrogen and oxygen atoms in total. The predicted octanol–water partition coefficient (Wildman–Crippen LogP) is -1.18. The molecule has 0 aromatic carbocycles. The zero-order valence-electron chi connectivity index (χ0n) is 2.27. The van der Waals surface area contributed by atoms with Gasteiger partial charge in [0, 0.05) is 21.7 Å². The first kappa shape index (κ1) is 129. The summed E-state index contributed by atoms with van der Waals surface area (Å²) in [5.41, 5.74) is 0. The normalized spacial score (nSPS) is 0. The van der Waals surface area contributed by atoms with Crippen molar-refractivity contribution in [1.29, 1.82) is 0 Å². The minimum atomic E-state index is 0. The van der Waals surface area contributed by atoms with E-state index in [2.05, 4.69) is 0 Å². The van der Waals surface area contributed by atoms with Gasteiger partial charge in [-0.2, -0.15) is 0 Å². The van der Waals surface area contributed by atoms with Crippen LogP contribution in [0.25, 0.3) is 0 Å². The van der Waals surface area contributed by atoms with Crippen LogP contribution in [-0.2, 0) is 38.8 Å². The Bertz CT molecular complexity index is 6.85. The molecule has 0 aliphatic carbocycles. The summed E-state index contributed by atoms with van der Waals surface area (Å²) in [6.45, 7) is 0. The Labute approximate surface area is 55.4 Å². The quantitative estimate of drug-likeness (QED) is 0.411. The summed E-state index contributed by atoms with van der Waals surface area (Å²) >= 11 is 0. The van der Waals surface area contributed by atoms with E-state index in [1.54, 1.807) is 0 Å². The monoisotopic (exact) mass is 155 g/mol. The van der Waals surface area contributed by atoms with Gasteiger partial charge in [-0.1, -0.05) is 0 Å². The fourth-order valence-corrected chi connectivity index (χ4v) is 0. The van der Waals surface area contributed by atoms with Gasteiger partial charge >= 0.3 is 17.1 Å². The van der Waals surface area contributed by atoms with Gasteiger partial charge < -0.3 is 16.4 Å². The van der Waals surface area contributed by atoms with E-state index in [0.29, 0.717) is 0 Å². The SMILES string of the molecule is O.[Mn+2].[OH-].[OH-].[Ti]. The van der Waals surface area contributed by atoms with Crippen molar-refractivity contribution in [3.63, 3.8) is 0 Å². The van der Waals surface area contributed by atoms with Crippen molar-refractivity contribution in [3.8, 4) is 0 Å². The molecule has 33 valence electrons.